The molecule has 0 fully saturated rings. The summed E-state index contributed by atoms with van der Waals surface area (Å²) in [7, 11) is 4.21. The van der Waals surface area contributed by atoms with Gasteiger partial charge in [0, 0.05) is 15.3 Å². The van der Waals surface area contributed by atoms with Crippen molar-refractivity contribution in [2.45, 2.75) is 38.8 Å². The Morgan fingerprint density at radius 2 is 2.12 bits per heavy atom. The van der Waals surface area contributed by atoms with Gasteiger partial charge in [-0.2, -0.15) is 0 Å². The van der Waals surface area contributed by atoms with E-state index >= 15 is 0 Å². The number of aryl methyl sites for hydroxylation is 1. The van der Waals surface area contributed by atoms with Crippen LogP contribution in [0.3, 0.4) is 0 Å². The van der Waals surface area contributed by atoms with Gasteiger partial charge in [0.1, 0.15) is 0 Å². The van der Waals surface area contributed by atoms with Gasteiger partial charge in [-0.1, -0.05) is 6.92 Å². The van der Waals surface area contributed by atoms with Crippen molar-refractivity contribution >= 4 is 11.3 Å². The zero-order chi connectivity index (χ0) is 12.3. The van der Waals surface area contributed by atoms with Crippen LogP contribution in [0.15, 0.2) is 12.1 Å². The Morgan fingerprint density at radius 1 is 1.50 bits per heavy atom. The Balaban J connectivity index is 3.05. The normalized spacial score (nSPS) is 17.4. The lowest BCUT2D eigenvalue weighted by Gasteiger charge is -2.41. The van der Waals surface area contributed by atoms with Crippen LogP contribution >= 0.6 is 11.3 Å². The van der Waals surface area contributed by atoms with Crippen molar-refractivity contribution in [3.05, 3.63) is 21.9 Å². The van der Waals surface area contributed by atoms with Crippen molar-refractivity contribution in [3.63, 3.8) is 0 Å². The summed E-state index contributed by atoms with van der Waals surface area (Å²) in [5.41, 5.74) is 3.01. The molecule has 0 saturated heterocycles. The minimum Gasteiger partial charge on any atom is -0.302 e. The molecule has 4 heteroatoms. The van der Waals surface area contributed by atoms with Crippen LogP contribution in [0.4, 0.5) is 0 Å². The Labute approximate surface area is 103 Å². The Hall–Kier alpha value is -0.420. The molecule has 0 bridgehead atoms. The molecule has 0 saturated carbocycles. The summed E-state index contributed by atoms with van der Waals surface area (Å²) in [5.74, 6) is 5.74. The lowest BCUT2D eigenvalue weighted by molar-refractivity contribution is 0.114. The van der Waals surface area contributed by atoms with Crippen molar-refractivity contribution in [2.24, 2.45) is 5.84 Å². The SMILES string of the molecule is CCC(C)(C(NN)c1ccc(C)s1)N(C)C. The second-order valence-corrected chi connectivity index (χ2v) is 5.97. The molecule has 0 spiro atoms. The first-order chi connectivity index (χ1) is 7.45. The van der Waals surface area contributed by atoms with E-state index in [0.717, 1.165) is 6.42 Å². The van der Waals surface area contributed by atoms with E-state index in [2.05, 4.69) is 57.3 Å². The monoisotopic (exact) mass is 241 g/mol. The van der Waals surface area contributed by atoms with Crippen LogP contribution in [0, 0.1) is 6.92 Å². The van der Waals surface area contributed by atoms with Gasteiger partial charge in [0.25, 0.3) is 0 Å². The van der Waals surface area contributed by atoms with Crippen LogP contribution in [-0.2, 0) is 0 Å². The van der Waals surface area contributed by atoms with Gasteiger partial charge < -0.3 is 4.90 Å². The third-order valence-corrected chi connectivity index (χ3v) is 4.64. The number of nitrogens with zero attached hydrogens (tertiary/aromatic N) is 1. The van der Waals surface area contributed by atoms with Gasteiger partial charge in [-0.05, 0) is 46.5 Å². The topological polar surface area (TPSA) is 41.3 Å². The summed E-state index contributed by atoms with van der Waals surface area (Å²) in [5, 5.41) is 0. The molecule has 1 heterocycles. The number of rotatable bonds is 5. The average Bonchev–Trinajstić information content (AvgIpc) is 2.65. The Bertz CT molecular complexity index is 335. The molecule has 0 amide bonds. The van der Waals surface area contributed by atoms with Gasteiger partial charge in [0.05, 0.1) is 6.04 Å². The molecule has 1 aromatic heterocycles. The molecule has 0 aliphatic carbocycles. The molecule has 0 aromatic carbocycles. The molecular formula is C12H23N3S. The third kappa shape index (κ3) is 2.46. The zero-order valence-corrected chi connectivity index (χ0v) is 11.7. The summed E-state index contributed by atoms with van der Waals surface area (Å²) in [6, 6.07) is 4.49. The molecule has 0 aliphatic heterocycles. The second-order valence-electron chi connectivity index (χ2n) is 4.65. The number of nitrogens with one attached hydrogen (secondary N) is 1. The van der Waals surface area contributed by atoms with E-state index in [1.807, 2.05) is 11.3 Å². The molecule has 1 rings (SSSR count). The minimum absolute atomic E-state index is 0.0338. The van der Waals surface area contributed by atoms with Gasteiger partial charge in [0.15, 0.2) is 0 Å². The summed E-state index contributed by atoms with van der Waals surface area (Å²) in [6.45, 7) is 6.57. The number of hydrogen-bond acceptors (Lipinski definition) is 4. The minimum atomic E-state index is 0.0338. The summed E-state index contributed by atoms with van der Waals surface area (Å²) in [6.07, 6.45) is 1.05. The van der Waals surface area contributed by atoms with E-state index in [9.17, 15) is 0 Å². The Morgan fingerprint density at radius 3 is 2.44 bits per heavy atom. The van der Waals surface area contributed by atoms with Crippen molar-refractivity contribution in [1.29, 1.82) is 0 Å². The van der Waals surface area contributed by atoms with Crippen LogP contribution in [0.5, 0.6) is 0 Å². The van der Waals surface area contributed by atoms with E-state index in [-0.39, 0.29) is 11.6 Å². The first-order valence-corrected chi connectivity index (χ1v) is 6.47. The smallest absolute Gasteiger partial charge is 0.0733 e. The lowest BCUT2D eigenvalue weighted by Crippen LogP contribution is -2.52. The quantitative estimate of drug-likeness (QED) is 0.614. The predicted octanol–water partition coefficient (Wildman–Crippen LogP) is 2.29. The largest absolute Gasteiger partial charge is 0.302 e. The molecule has 2 atom stereocenters. The van der Waals surface area contributed by atoms with E-state index in [4.69, 9.17) is 5.84 Å². The highest BCUT2D eigenvalue weighted by atomic mass is 32.1. The number of thiophene rings is 1. The lowest BCUT2D eigenvalue weighted by atomic mass is 9.87. The maximum absolute atomic E-state index is 5.74. The molecule has 92 valence electrons. The van der Waals surface area contributed by atoms with E-state index < -0.39 is 0 Å². The van der Waals surface area contributed by atoms with Crippen LogP contribution < -0.4 is 11.3 Å². The van der Waals surface area contributed by atoms with Crippen molar-refractivity contribution < 1.29 is 0 Å². The third-order valence-electron chi connectivity index (χ3n) is 3.57. The van der Waals surface area contributed by atoms with Gasteiger partial charge in [-0.25, -0.2) is 0 Å². The number of hydrazine groups is 1. The molecule has 3 N–H and O–H groups in total. The van der Waals surface area contributed by atoms with Crippen molar-refractivity contribution in [2.75, 3.05) is 14.1 Å². The fourth-order valence-electron chi connectivity index (χ4n) is 1.96. The maximum atomic E-state index is 5.74. The van der Waals surface area contributed by atoms with Crippen LogP contribution in [-0.4, -0.2) is 24.5 Å². The van der Waals surface area contributed by atoms with Crippen LogP contribution in [0.2, 0.25) is 0 Å². The first kappa shape index (κ1) is 13.6. The highest BCUT2D eigenvalue weighted by Crippen LogP contribution is 2.35. The number of likely N-dealkylation sites (N-methyl/N-ethyl adjacent to an activating group) is 1. The van der Waals surface area contributed by atoms with Gasteiger partial charge in [-0.3, -0.25) is 11.3 Å². The summed E-state index contributed by atoms with van der Waals surface area (Å²) < 4.78 is 0. The number of nitrogens with two attached hydrogens (primary N) is 1. The molecule has 0 radical (unpaired) electrons. The van der Waals surface area contributed by atoms with Crippen LogP contribution in [0.25, 0.3) is 0 Å². The van der Waals surface area contributed by atoms with Crippen molar-refractivity contribution in [1.82, 2.24) is 10.3 Å². The van der Waals surface area contributed by atoms with E-state index in [1.54, 1.807) is 0 Å². The van der Waals surface area contributed by atoms with Gasteiger partial charge in [0.2, 0.25) is 0 Å². The molecule has 3 nitrogen and oxygen atoms in total. The average molecular weight is 241 g/mol. The molecule has 16 heavy (non-hydrogen) atoms. The van der Waals surface area contributed by atoms with E-state index in [0.29, 0.717) is 0 Å². The fourth-order valence-corrected chi connectivity index (χ4v) is 3.04. The molecule has 1 aromatic rings. The van der Waals surface area contributed by atoms with Gasteiger partial charge in [-0.15, -0.1) is 11.3 Å². The Kier molecular flexibility index (Phi) is 4.50. The second kappa shape index (κ2) is 5.27. The molecular weight excluding hydrogens is 218 g/mol. The molecule has 2 unspecified atom stereocenters. The zero-order valence-electron chi connectivity index (χ0n) is 10.9. The predicted molar refractivity (Wildman–Crippen MR) is 71.5 cm³/mol. The summed E-state index contributed by atoms with van der Waals surface area (Å²) >= 11 is 1.81. The summed E-state index contributed by atoms with van der Waals surface area (Å²) in [4.78, 5) is 4.87. The fraction of sp³-hybridized carbons (Fsp3) is 0.667. The highest BCUT2D eigenvalue weighted by Gasteiger charge is 2.35. The number of hydrogen-bond donors (Lipinski definition) is 2. The standard InChI is InChI=1S/C12H23N3S/c1-6-12(3,15(4)5)11(14-13)10-8-7-9(2)16-10/h7-8,11,14H,6,13H2,1-5H3. The maximum Gasteiger partial charge on any atom is 0.0733 e. The highest BCUT2D eigenvalue weighted by molar-refractivity contribution is 7.12. The van der Waals surface area contributed by atoms with Crippen molar-refractivity contribution in [3.8, 4) is 0 Å². The molecule has 0 aliphatic rings. The van der Waals surface area contributed by atoms with Crippen LogP contribution in [0.1, 0.15) is 36.1 Å². The van der Waals surface area contributed by atoms with E-state index in [1.165, 1.54) is 9.75 Å². The van der Waals surface area contributed by atoms with Gasteiger partial charge >= 0.3 is 0 Å². The first-order valence-electron chi connectivity index (χ1n) is 5.65.